The zero-order chi connectivity index (χ0) is 19.0. The minimum absolute atomic E-state index is 0.0617. The Hall–Kier alpha value is 2.16. The van der Waals surface area contributed by atoms with Gasteiger partial charge in [0, 0.05) is 12.8 Å². The van der Waals surface area contributed by atoms with E-state index in [1.807, 2.05) is 0 Å². The van der Waals surface area contributed by atoms with Crippen LogP contribution < -0.4 is 0 Å². The monoisotopic (exact) mass is 502 g/mol. The quantitative estimate of drug-likeness (QED) is 0.324. The summed E-state index contributed by atoms with van der Waals surface area (Å²) in [5.74, 6) is -5.65. The predicted molar refractivity (Wildman–Crippen MR) is 97.8 cm³/mol. The molecule has 0 aromatic carbocycles. The molecular weight excluding hydrogens is 492 g/mol. The van der Waals surface area contributed by atoms with Gasteiger partial charge in [0.15, 0.2) is 14.5 Å². The molecule has 0 radical (unpaired) electrons. The average Bonchev–Trinajstić information content (AvgIpc) is 2.43. The maximum atomic E-state index is 10.2. The van der Waals surface area contributed by atoms with Gasteiger partial charge in [-0.2, -0.15) is 0 Å². The SMILES string of the molecule is OC1(O)CCC(C2(Cl)C(Cl)(Cl)C(Cl)C(O)(O)C(Cl)(Cl)C2(Cl)Cl)CC1. The van der Waals surface area contributed by atoms with Crippen molar-refractivity contribution in [3.8, 4) is 0 Å². The lowest BCUT2D eigenvalue weighted by Crippen LogP contribution is -2.81. The molecule has 2 unspecified atom stereocenters. The molecule has 2 saturated carbocycles. The molecular formula is C12H14Cl8O4. The number of hydrogen-bond acceptors (Lipinski definition) is 4. The number of hydrogen-bond donors (Lipinski definition) is 4. The molecule has 0 heterocycles. The second-order valence-corrected chi connectivity index (χ2v) is 11.4. The highest BCUT2D eigenvalue weighted by Crippen LogP contribution is 2.72. The molecule has 12 heteroatoms. The lowest BCUT2D eigenvalue weighted by atomic mass is 9.68. The van der Waals surface area contributed by atoms with Crippen LogP contribution in [-0.2, 0) is 0 Å². The van der Waals surface area contributed by atoms with E-state index in [0.717, 1.165) is 0 Å². The standard InChI is InChI=1S/C12H14Cl8O4/c13-6-9(15,16)8(14,5-1-3-7(21,22)4-2-5)11(17,18)12(19,20)10(6,23)24/h5-6,21-24H,1-4H2. The molecule has 0 aromatic heterocycles. The smallest absolute Gasteiger partial charge is 0.219 e. The van der Waals surface area contributed by atoms with E-state index in [4.69, 9.17) is 92.8 Å². The molecule has 2 atom stereocenters. The molecule has 24 heavy (non-hydrogen) atoms. The van der Waals surface area contributed by atoms with Crippen LogP contribution >= 0.6 is 92.8 Å². The van der Waals surface area contributed by atoms with Gasteiger partial charge in [-0.05, 0) is 18.8 Å². The zero-order valence-electron chi connectivity index (χ0n) is 11.8. The summed E-state index contributed by atoms with van der Waals surface area (Å²) in [4.78, 5) is -2.03. The summed E-state index contributed by atoms with van der Waals surface area (Å²) in [5, 5.41) is 38.0. The van der Waals surface area contributed by atoms with Gasteiger partial charge in [-0.3, -0.25) is 0 Å². The van der Waals surface area contributed by atoms with Gasteiger partial charge >= 0.3 is 0 Å². The topological polar surface area (TPSA) is 80.9 Å². The molecule has 4 N–H and O–H groups in total. The van der Waals surface area contributed by atoms with E-state index in [-0.39, 0.29) is 25.7 Å². The second kappa shape index (κ2) is 6.33. The number of aliphatic hydroxyl groups is 4. The van der Waals surface area contributed by atoms with E-state index in [1.165, 1.54) is 0 Å². The van der Waals surface area contributed by atoms with Crippen LogP contribution in [0.3, 0.4) is 0 Å². The first kappa shape index (κ1) is 22.4. The second-order valence-electron chi connectivity index (χ2n) is 6.33. The van der Waals surface area contributed by atoms with Crippen LogP contribution in [0, 0.1) is 5.92 Å². The number of alkyl halides is 8. The minimum Gasteiger partial charge on any atom is -0.366 e. The van der Waals surface area contributed by atoms with Crippen molar-refractivity contribution in [1.82, 2.24) is 0 Å². The fraction of sp³-hybridized carbons (Fsp3) is 1.00. The fourth-order valence-corrected chi connectivity index (χ4v) is 6.83. The Labute approximate surface area is 178 Å². The van der Waals surface area contributed by atoms with Crippen LogP contribution in [0.25, 0.3) is 0 Å². The third kappa shape index (κ3) is 2.79. The predicted octanol–water partition coefficient (Wildman–Crippen LogP) is 3.66. The molecule has 2 aliphatic carbocycles. The molecule has 0 bridgehead atoms. The molecule has 2 fully saturated rings. The van der Waals surface area contributed by atoms with Gasteiger partial charge in [0.25, 0.3) is 0 Å². The first-order chi connectivity index (χ1) is 10.5. The van der Waals surface area contributed by atoms with Crippen molar-refractivity contribution in [1.29, 1.82) is 0 Å². The molecule has 0 saturated heterocycles. The molecule has 0 amide bonds. The molecule has 142 valence electrons. The van der Waals surface area contributed by atoms with Crippen molar-refractivity contribution >= 4 is 92.8 Å². The van der Waals surface area contributed by atoms with E-state index in [0.29, 0.717) is 0 Å². The van der Waals surface area contributed by atoms with Crippen LogP contribution in [0.4, 0.5) is 0 Å². The highest BCUT2D eigenvalue weighted by molar-refractivity contribution is 6.69. The van der Waals surface area contributed by atoms with Crippen molar-refractivity contribution in [2.75, 3.05) is 0 Å². The maximum absolute atomic E-state index is 10.2. The highest BCUT2D eigenvalue weighted by atomic mass is 35.5. The Balaban J connectivity index is 2.58. The van der Waals surface area contributed by atoms with Crippen molar-refractivity contribution in [2.24, 2.45) is 5.92 Å². The summed E-state index contributed by atoms with van der Waals surface area (Å²) in [6, 6.07) is 0. The Morgan fingerprint density at radius 2 is 1.12 bits per heavy atom. The molecule has 0 spiro atoms. The molecule has 2 rings (SSSR count). The van der Waals surface area contributed by atoms with E-state index in [9.17, 15) is 20.4 Å². The van der Waals surface area contributed by atoms with Gasteiger partial charge in [-0.15, -0.1) is 23.2 Å². The van der Waals surface area contributed by atoms with Crippen molar-refractivity contribution in [2.45, 2.75) is 60.5 Å². The van der Waals surface area contributed by atoms with Gasteiger partial charge < -0.3 is 20.4 Å². The van der Waals surface area contributed by atoms with E-state index < -0.39 is 40.7 Å². The largest absolute Gasteiger partial charge is 0.366 e. The van der Waals surface area contributed by atoms with Gasteiger partial charge in [0.2, 0.25) is 10.1 Å². The van der Waals surface area contributed by atoms with Gasteiger partial charge in [0.05, 0.1) is 0 Å². The average molecular weight is 506 g/mol. The van der Waals surface area contributed by atoms with Gasteiger partial charge in [0.1, 0.15) is 10.3 Å². The third-order valence-electron chi connectivity index (χ3n) is 4.82. The van der Waals surface area contributed by atoms with E-state index in [1.54, 1.807) is 0 Å². The van der Waals surface area contributed by atoms with Crippen LogP contribution in [0.2, 0.25) is 0 Å². The van der Waals surface area contributed by atoms with Crippen LogP contribution in [0.5, 0.6) is 0 Å². The molecule has 2 aliphatic rings. The van der Waals surface area contributed by atoms with Crippen molar-refractivity contribution in [3.63, 3.8) is 0 Å². The third-order valence-corrected chi connectivity index (χ3v) is 10.7. The van der Waals surface area contributed by atoms with E-state index >= 15 is 0 Å². The Morgan fingerprint density at radius 1 is 0.708 bits per heavy atom. The summed E-state index contributed by atoms with van der Waals surface area (Å²) >= 11 is 50.0. The summed E-state index contributed by atoms with van der Waals surface area (Å²) in [5.41, 5.74) is 0. The van der Waals surface area contributed by atoms with E-state index in [2.05, 4.69) is 0 Å². The van der Waals surface area contributed by atoms with Crippen LogP contribution in [0.1, 0.15) is 25.7 Å². The van der Waals surface area contributed by atoms with Gasteiger partial charge in [-0.1, -0.05) is 69.6 Å². The summed E-state index contributed by atoms with van der Waals surface area (Å²) in [7, 11) is 0. The van der Waals surface area contributed by atoms with Crippen molar-refractivity contribution < 1.29 is 20.4 Å². The Morgan fingerprint density at radius 3 is 1.54 bits per heavy atom. The minimum atomic E-state index is -3.07. The Kier molecular flexibility index (Phi) is 5.92. The fourth-order valence-electron chi connectivity index (χ4n) is 3.27. The molecule has 0 aliphatic heterocycles. The zero-order valence-corrected chi connectivity index (χ0v) is 17.8. The number of halogens is 8. The number of rotatable bonds is 1. The Bertz CT molecular complexity index is 513. The van der Waals surface area contributed by atoms with Crippen LogP contribution in [0.15, 0.2) is 0 Å². The lowest BCUT2D eigenvalue weighted by molar-refractivity contribution is -0.204. The summed E-state index contributed by atoms with van der Waals surface area (Å²) in [6.45, 7) is 0. The first-order valence-electron chi connectivity index (χ1n) is 6.83. The summed E-state index contributed by atoms with van der Waals surface area (Å²) in [6.07, 6.45) is 0.0912. The maximum Gasteiger partial charge on any atom is 0.219 e. The van der Waals surface area contributed by atoms with Crippen molar-refractivity contribution in [3.05, 3.63) is 0 Å². The van der Waals surface area contributed by atoms with Crippen LogP contribution in [-0.4, -0.2) is 55.3 Å². The molecule has 0 aromatic rings. The highest BCUT2D eigenvalue weighted by Gasteiger charge is 2.84. The van der Waals surface area contributed by atoms with Gasteiger partial charge in [-0.25, -0.2) is 0 Å². The summed E-state index contributed by atoms with van der Waals surface area (Å²) < 4.78 is -7.39. The first-order valence-corrected chi connectivity index (χ1v) is 9.91. The normalized spacial score (nSPS) is 40.2. The molecule has 4 nitrogen and oxygen atoms in total. The lowest BCUT2D eigenvalue weighted by Gasteiger charge is -2.63.